The molecule has 7 nitrogen and oxygen atoms in total. The zero-order chi connectivity index (χ0) is 18.9. The molecule has 4 atom stereocenters. The Morgan fingerprint density at radius 3 is 2.88 bits per heavy atom. The average molecular weight is 362 g/mol. The van der Waals surface area contributed by atoms with Crippen molar-refractivity contribution in [3.8, 4) is 6.07 Å². The van der Waals surface area contributed by atoms with Gasteiger partial charge in [0.25, 0.3) is 0 Å². The van der Waals surface area contributed by atoms with Gasteiger partial charge in [0, 0.05) is 24.7 Å². The summed E-state index contributed by atoms with van der Waals surface area (Å²) >= 11 is 0. The lowest BCUT2D eigenvalue weighted by atomic mass is 9.71. The number of hydrogen-bond acceptors (Lipinski definition) is 5. The summed E-state index contributed by atoms with van der Waals surface area (Å²) in [6, 6.07) is 1.38. The van der Waals surface area contributed by atoms with Crippen LogP contribution in [0.15, 0.2) is 12.4 Å². The van der Waals surface area contributed by atoms with Gasteiger partial charge in [-0.05, 0) is 31.1 Å². The largest absolute Gasteiger partial charge is 0.323 e. The summed E-state index contributed by atoms with van der Waals surface area (Å²) in [5, 5.41) is 20.5. The predicted molar refractivity (Wildman–Crippen MR) is 93.6 cm³/mol. The number of alkyl halides is 1. The highest BCUT2D eigenvalue weighted by molar-refractivity contribution is 5.79. The molecular weight excluding hydrogens is 335 g/mol. The van der Waals surface area contributed by atoms with Crippen LogP contribution in [-0.4, -0.2) is 56.6 Å². The SMILES string of the molecule is CC1(C)[C@@H](Cn2ccnn2)CC[C@@]1(C)NCC(=O)N1C[C@@H](F)C[C@H]1C#N. The van der Waals surface area contributed by atoms with E-state index in [9.17, 15) is 9.18 Å². The van der Waals surface area contributed by atoms with Gasteiger partial charge >= 0.3 is 0 Å². The fourth-order valence-corrected chi connectivity index (χ4v) is 4.34. The predicted octanol–water partition coefficient (Wildman–Crippen LogP) is 1.53. The van der Waals surface area contributed by atoms with E-state index in [1.807, 2.05) is 16.9 Å². The van der Waals surface area contributed by atoms with E-state index in [1.54, 1.807) is 6.20 Å². The van der Waals surface area contributed by atoms with E-state index in [1.165, 1.54) is 4.90 Å². The third-order valence-corrected chi connectivity index (χ3v) is 6.66. The lowest BCUT2D eigenvalue weighted by molar-refractivity contribution is -0.131. The van der Waals surface area contributed by atoms with Crippen molar-refractivity contribution < 1.29 is 9.18 Å². The second-order valence-electron chi connectivity index (χ2n) is 8.29. The van der Waals surface area contributed by atoms with Gasteiger partial charge in [0.15, 0.2) is 0 Å². The number of rotatable bonds is 5. The number of carbonyl (C=O) groups excluding carboxylic acids is 1. The highest BCUT2D eigenvalue weighted by Crippen LogP contribution is 2.50. The lowest BCUT2D eigenvalue weighted by Crippen LogP contribution is -2.55. The molecule has 0 radical (unpaired) electrons. The Bertz CT molecular complexity index is 684. The molecule has 1 aromatic heterocycles. The second kappa shape index (κ2) is 6.95. The van der Waals surface area contributed by atoms with Crippen molar-refractivity contribution in [1.82, 2.24) is 25.2 Å². The van der Waals surface area contributed by atoms with Gasteiger partial charge in [-0.1, -0.05) is 19.1 Å². The summed E-state index contributed by atoms with van der Waals surface area (Å²) in [6.07, 6.45) is 4.53. The fraction of sp³-hybridized carbons (Fsp3) is 0.778. The van der Waals surface area contributed by atoms with Crippen LogP contribution in [0.25, 0.3) is 0 Å². The summed E-state index contributed by atoms with van der Waals surface area (Å²) in [4.78, 5) is 13.9. The average Bonchev–Trinajstić information content (AvgIpc) is 3.29. The van der Waals surface area contributed by atoms with E-state index in [0.29, 0.717) is 5.92 Å². The van der Waals surface area contributed by atoms with E-state index in [0.717, 1.165) is 19.4 Å². The zero-order valence-corrected chi connectivity index (χ0v) is 15.7. The van der Waals surface area contributed by atoms with Crippen molar-refractivity contribution in [1.29, 1.82) is 5.26 Å². The van der Waals surface area contributed by atoms with Gasteiger partial charge in [0.05, 0.1) is 25.4 Å². The second-order valence-corrected chi connectivity index (χ2v) is 8.29. The van der Waals surface area contributed by atoms with E-state index >= 15 is 0 Å². The van der Waals surface area contributed by atoms with Crippen LogP contribution in [0.5, 0.6) is 0 Å². The molecule has 142 valence electrons. The van der Waals surface area contributed by atoms with Gasteiger partial charge < -0.3 is 10.2 Å². The van der Waals surface area contributed by atoms with Crippen LogP contribution >= 0.6 is 0 Å². The maximum atomic E-state index is 13.6. The molecule has 1 aromatic rings. The van der Waals surface area contributed by atoms with E-state index < -0.39 is 12.2 Å². The molecule has 0 unspecified atom stereocenters. The summed E-state index contributed by atoms with van der Waals surface area (Å²) in [7, 11) is 0. The van der Waals surface area contributed by atoms with Gasteiger partial charge in [0.1, 0.15) is 12.2 Å². The Kier molecular flexibility index (Phi) is 5.02. The normalized spacial score (nSPS) is 33.3. The number of nitriles is 1. The van der Waals surface area contributed by atoms with Crippen LogP contribution in [0.4, 0.5) is 4.39 Å². The Labute approximate surface area is 153 Å². The first-order chi connectivity index (χ1) is 12.3. The van der Waals surface area contributed by atoms with Gasteiger partial charge in [-0.2, -0.15) is 5.26 Å². The van der Waals surface area contributed by atoms with E-state index in [2.05, 4.69) is 36.4 Å². The summed E-state index contributed by atoms with van der Waals surface area (Å²) in [6.45, 7) is 7.51. The number of carbonyl (C=O) groups is 1. The summed E-state index contributed by atoms with van der Waals surface area (Å²) < 4.78 is 15.4. The van der Waals surface area contributed by atoms with Gasteiger partial charge in [-0.3, -0.25) is 9.48 Å². The number of amides is 1. The minimum absolute atomic E-state index is 0.0216. The third kappa shape index (κ3) is 3.32. The highest BCUT2D eigenvalue weighted by Gasteiger charge is 2.51. The molecule has 1 aliphatic carbocycles. The maximum absolute atomic E-state index is 13.6. The Morgan fingerprint density at radius 2 is 2.23 bits per heavy atom. The Balaban J connectivity index is 1.62. The molecule has 2 heterocycles. The van der Waals surface area contributed by atoms with Crippen LogP contribution < -0.4 is 5.32 Å². The molecular formula is C18H27FN6O. The Morgan fingerprint density at radius 1 is 1.46 bits per heavy atom. The highest BCUT2D eigenvalue weighted by atomic mass is 19.1. The van der Waals surface area contributed by atoms with E-state index in [4.69, 9.17) is 5.26 Å². The molecule has 1 aliphatic heterocycles. The molecule has 0 bridgehead atoms. The van der Waals surface area contributed by atoms with Crippen molar-refractivity contribution in [2.75, 3.05) is 13.1 Å². The molecule has 26 heavy (non-hydrogen) atoms. The van der Waals surface area contributed by atoms with Crippen LogP contribution in [0, 0.1) is 22.7 Å². The number of halogens is 1. The first-order valence-electron chi connectivity index (χ1n) is 9.19. The fourth-order valence-electron chi connectivity index (χ4n) is 4.34. The monoisotopic (exact) mass is 362 g/mol. The van der Waals surface area contributed by atoms with Crippen molar-refractivity contribution >= 4 is 5.91 Å². The molecule has 1 N–H and O–H groups in total. The third-order valence-electron chi connectivity index (χ3n) is 6.66. The molecule has 2 aliphatic rings. The van der Waals surface area contributed by atoms with Crippen LogP contribution in [0.1, 0.15) is 40.0 Å². The van der Waals surface area contributed by atoms with Gasteiger partial charge in [-0.25, -0.2) is 4.39 Å². The topological polar surface area (TPSA) is 86.8 Å². The summed E-state index contributed by atoms with van der Waals surface area (Å²) in [5.41, 5.74) is -0.271. The number of likely N-dealkylation sites (tertiary alicyclic amines) is 1. The van der Waals surface area contributed by atoms with Crippen LogP contribution in [0.3, 0.4) is 0 Å². The number of nitrogens with zero attached hydrogens (tertiary/aromatic N) is 5. The molecule has 1 saturated carbocycles. The first-order valence-corrected chi connectivity index (χ1v) is 9.19. The van der Waals surface area contributed by atoms with E-state index in [-0.39, 0.29) is 36.4 Å². The minimum atomic E-state index is -1.10. The van der Waals surface area contributed by atoms with Gasteiger partial charge in [0.2, 0.25) is 5.91 Å². The van der Waals surface area contributed by atoms with Crippen LogP contribution in [-0.2, 0) is 11.3 Å². The molecule has 8 heteroatoms. The molecule has 1 saturated heterocycles. The number of aromatic nitrogens is 3. The number of nitrogens with one attached hydrogen (secondary N) is 1. The quantitative estimate of drug-likeness (QED) is 0.858. The molecule has 3 rings (SSSR count). The first kappa shape index (κ1) is 18.8. The zero-order valence-electron chi connectivity index (χ0n) is 15.7. The van der Waals surface area contributed by atoms with Crippen molar-refractivity contribution in [2.24, 2.45) is 11.3 Å². The minimum Gasteiger partial charge on any atom is -0.323 e. The van der Waals surface area contributed by atoms with Crippen LogP contribution in [0.2, 0.25) is 0 Å². The Hall–Kier alpha value is -2.01. The smallest absolute Gasteiger partial charge is 0.237 e. The standard InChI is InChI=1S/C18H27FN6O/c1-17(2)13(11-24-7-6-22-23-24)4-5-18(17,3)21-10-16(26)25-12-14(19)8-15(25)9-20/h6-7,13-15,21H,4-5,8,10-12H2,1-3H3/t13-,14+,15+,18-/m1/s1. The molecule has 1 amide bonds. The van der Waals surface area contributed by atoms with Crippen molar-refractivity contribution in [3.63, 3.8) is 0 Å². The van der Waals surface area contributed by atoms with Crippen molar-refractivity contribution in [2.45, 2.75) is 64.3 Å². The van der Waals surface area contributed by atoms with Crippen molar-refractivity contribution in [3.05, 3.63) is 12.4 Å². The number of hydrogen-bond donors (Lipinski definition) is 1. The van der Waals surface area contributed by atoms with Gasteiger partial charge in [-0.15, -0.1) is 5.10 Å². The molecule has 0 aromatic carbocycles. The lowest BCUT2D eigenvalue weighted by Gasteiger charge is -2.42. The maximum Gasteiger partial charge on any atom is 0.237 e. The molecule has 0 spiro atoms. The molecule has 2 fully saturated rings. The summed E-state index contributed by atoms with van der Waals surface area (Å²) in [5.74, 6) is 0.208.